The normalized spacial score (nSPS) is 36.5. The van der Waals surface area contributed by atoms with Gasteiger partial charge in [0.05, 0.1) is 6.17 Å². The van der Waals surface area contributed by atoms with Gasteiger partial charge in [-0.2, -0.15) is 0 Å². The summed E-state index contributed by atoms with van der Waals surface area (Å²) in [4.78, 5) is 23.3. The summed E-state index contributed by atoms with van der Waals surface area (Å²) in [5.41, 5.74) is 5.18. The number of urea groups is 1. The molecular weight excluding hydrogens is 344 g/mol. The van der Waals surface area contributed by atoms with Crippen LogP contribution in [0.25, 0.3) is 0 Å². The highest BCUT2D eigenvalue weighted by atomic mass is 16.2. The maximum Gasteiger partial charge on any atom is 0.317 e. The lowest BCUT2D eigenvalue weighted by Gasteiger charge is -2.40. The molecule has 1 saturated heterocycles. The molecule has 0 radical (unpaired) electrons. The Bertz CT molecular complexity index is 516. The van der Waals surface area contributed by atoms with E-state index < -0.39 is 0 Å². The molecule has 0 aromatic rings. The van der Waals surface area contributed by atoms with E-state index in [0.717, 1.165) is 31.1 Å². The number of nitrogens with one attached hydrogen (secondary N) is 5. The van der Waals surface area contributed by atoms with E-state index in [0.29, 0.717) is 13.0 Å². The minimum atomic E-state index is -0.314. The van der Waals surface area contributed by atoms with Crippen molar-refractivity contribution >= 4 is 11.9 Å². The van der Waals surface area contributed by atoms with Crippen molar-refractivity contribution < 1.29 is 9.59 Å². The summed E-state index contributed by atoms with van der Waals surface area (Å²) in [5, 5.41) is 16.1. The number of primary amides is 1. The Morgan fingerprint density at radius 3 is 2.56 bits per heavy atom. The summed E-state index contributed by atoms with van der Waals surface area (Å²) >= 11 is 0. The topological polar surface area (TPSA) is 120 Å². The van der Waals surface area contributed by atoms with Crippen molar-refractivity contribution in [2.45, 2.75) is 89.3 Å². The second-order valence-electron chi connectivity index (χ2n) is 8.56. The molecule has 0 aromatic carbocycles. The van der Waals surface area contributed by atoms with Gasteiger partial charge in [0.1, 0.15) is 6.29 Å². The van der Waals surface area contributed by atoms with Gasteiger partial charge in [0, 0.05) is 25.0 Å². The summed E-state index contributed by atoms with van der Waals surface area (Å²) in [6, 6.07) is 0.416. The van der Waals surface area contributed by atoms with Gasteiger partial charge in [-0.25, -0.2) is 4.79 Å². The second-order valence-corrected chi connectivity index (χ2v) is 8.56. The summed E-state index contributed by atoms with van der Waals surface area (Å²) < 4.78 is 0. The first-order valence-electron chi connectivity index (χ1n) is 10.6. The molecule has 2 aliphatic carbocycles. The molecule has 154 valence electrons. The maximum absolute atomic E-state index is 12.5. The monoisotopic (exact) mass is 380 g/mol. The van der Waals surface area contributed by atoms with Gasteiger partial charge in [-0.3, -0.25) is 15.4 Å². The van der Waals surface area contributed by atoms with E-state index in [9.17, 15) is 9.59 Å². The van der Waals surface area contributed by atoms with Crippen molar-refractivity contribution in [1.82, 2.24) is 26.6 Å². The molecule has 6 atom stereocenters. The largest absolute Gasteiger partial charge is 0.370 e. The predicted octanol–water partition coefficient (Wildman–Crippen LogP) is 0.691. The number of hydrogen-bond donors (Lipinski definition) is 6. The average Bonchev–Trinajstić information content (AvgIpc) is 2.60. The summed E-state index contributed by atoms with van der Waals surface area (Å²) in [6.45, 7) is 2.61. The molecule has 8 heteroatoms. The van der Waals surface area contributed by atoms with Crippen molar-refractivity contribution in [2.75, 3.05) is 6.54 Å². The molecule has 0 bridgehead atoms. The molecule has 3 amide bonds. The highest BCUT2D eigenvalue weighted by molar-refractivity contribution is 5.74. The molecule has 27 heavy (non-hydrogen) atoms. The van der Waals surface area contributed by atoms with Crippen molar-refractivity contribution in [1.29, 1.82) is 0 Å². The van der Waals surface area contributed by atoms with Crippen LogP contribution in [0.4, 0.5) is 4.79 Å². The Balaban J connectivity index is 1.40. The van der Waals surface area contributed by atoms with Crippen LogP contribution in [0.5, 0.6) is 0 Å². The molecule has 1 heterocycles. The smallest absolute Gasteiger partial charge is 0.317 e. The lowest BCUT2D eigenvalue weighted by atomic mass is 9.69. The van der Waals surface area contributed by atoms with Gasteiger partial charge in [-0.05, 0) is 44.4 Å². The van der Waals surface area contributed by atoms with Crippen LogP contribution >= 0.6 is 0 Å². The molecule has 3 fully saturated rings. The Morgan fingerprint density at radius 2 is 1.78 bits per heavy atom. The first kappa shape index (κ1) is 20.4. The van der Waals surface area contributed by atoms with Gasteiger partial charge in [-0.15, -0.1) is 0 Å². The molecule has 1 aliphatic heterocycles. The van der Waals surface area contributed by atoms with Crippen molar-refractivity contribution in [3.8, 4) is 0 Å². The fourth-order valence-electron chi connectivity index (χ4n) is 4.98. The van der Waals surface area contributed by atoms with Crippen molar-refractivity contribution in [3.05, 3.63) is 0 Å². The minimum absolute atomic E-state index is 0.0311. The van der Waals surface area contributed by atoms with Crippen LogP contribution < -0.4 is 32.3 Å². The van der Waals surface area contributed by atoms with Crippen molar-refractivity contribution in [3.63, 3.8) is 0 Å². The molecule has 6 unspecified atom stereocenters. The van der Waals surface area contributed by atoms with Crippen LogP contribution in [0.15, 0.2) is 0 Å². The number of amides is 3. The zero-order valence-corrected chi connectivity index (χ0v) is 16.4. The lowest BCUT2D eigenvalue weighted by molar-refractivity contribution is -0.117. The first-order valence-corrected chi connectivity index (χ1v) is 10.6. The number of carbonyl (C=O) groups is 2. The van der Waals surface area contributed by atoms with Crippen LogP contribution in [0.3, 0.4) is 0 Å². The van der Waals surface area contributed by atoms with Gasteiger partial charge in [0.25, 0.3) is 0 Å². The third-order valence-electron chi connectivity index (χ3n) is 6.32. The van der Waals surface area contributed by atoms with E-state index in [-0.39, 0.29) is 36.5 Å². The number of rotatable bonds is 6. The highest BCUT2D eigenvalue weighted by Crippen LogP contribution is 2.40. The fraction of sp³-hybridized carbons (Fsp3) is 0.895. The maximum atomic E-state index is 12.5. The Morgan fingerprint density at radius 1 is 1.00 bits per heavy atom. The number of carbonyl (C=O) groups excluding carboxylic acids is 2. The Hall–Kier alpha value is -1.38. The predicted molar refractivity (Wildman–Crippen MR) is 104 cm³/mol. The van der Waals surface area contributed by atoms with E-state index in [1.165, 1.54) is 32.1 Å². The molecule has 3 aliphatic rings. The fourth-order valence-corrected chi connectivity index (χ4v) is 4.98. The molecule has 7 N–H and O–H groups in total. The number of hydrogen-bond acceptors (Lipinski definition) is 5. The number of nitrogens with two attached hydrogens (primary N) is 1. The Kier molecular flexibility index (Phi) is 7.32. The molecule has 2 saturated carbocycles. The third-order valence-corrected chi connectivity index (χ3v) is 6.32. The molecule has 3 rings (SSSR count). The van der Waals surface area contributed by atoms with Gasteiger partial charge >= 0.3 is 6.03 Å². The van der Waals surface area contributed by atoms with Crippen LogP contribution in [0.1, 0.15) is 64.7 Å². The molecule has 0 aromatic heterocycles. The van der Waals surface area contributed by atoms with Gasteiger partial charge in [0.15, 0.2) is 0 Å². The quantitative estimate of drug-likeness (QED) is 0.405. The Labute approximate surface area is 162 Å². The average molecular weight is 381 g/mol. The summed E-state index contributed by atoms with van der Waals surface area (Å²) in [6.07, 6.45) is 9.79. The lowest BCUT2D eigenvalue weighted by Crippen LogP contribution is -2.68. The van der Waals surface area contributed by atoms with E-state index in [2.05, 4.69) is 33.5 Å². The van der Waals surface area contributed by atoms with Crippen LogP contribution in [0, 0.1) is 11.8 Å². The SMILES string of the molecule is CC1CC(NCCC(N)=O)NC(NC(=O)NC2CCC3CCCCC3C2)N1. The van der Waals surface area contributed by atoms with Crippen LogP contribution in [0.2, 0.25) is 0 Å². The van der Waals surface area contributed by atoms with Gasteiger partial charge < -0.3 is 21.7 Å². The van der Waals surface area contributed by atoms with E-state index in [4.69, 9.17) is 5.73 Å². The number of fused-ring (bicyclic) bond motifs is 1. The van der Waals surface area contributed by atoms with E-state index in [1.54, 1.807) is 0 Å². The second kappa shape index (κ2) is 9.71. The summed E-state index contributed by atoms with van der Waals surface area (Å²) in [7, 11) is 0. The standard InChI is InChI=1S/C19H36N6O2/c1-12-10-17(21-9-8-16(20)26)24-18(22-12)25-19(27)23-15-7-6-13-4-2-3-5-14(13)11-15/h12-15,17-18,21-22,24H,2-11H2,1H3,(H2,20,26)(H2,23,25,27). The van der Waals surface area contributed by atoms with Crippen LogP contribution in [-0.4, -0.2) is 43.0 Å². The molecule has 8 nitrogen and oxygen atoms in total. The minimum Gasteiger partial charge on any atom is -0.370 e. The van der Waals surface area contributed by atoms with E-state index >= 15 is 0 Å². The van der Waals surface area contributed by atoms with E-state index in [1.807, 2.05) is 0 Å². The van der Waals surface area contributed by atoms with Gasteiger partial charge in [-0.1, -0.05) is 25.7 Å². The molecular formula is C19H36N6O2. The zero-order valence-electron chi connectivity index (χ0n) is 16.4. The summed E-state index contributed by atoms with van der Waals surface area (Å²) in [5.74, 6) is 1.36. The third kappa shape index (κ3) is 6.33. The van der Waals surface area contributed by atoms with Gasteiger partial charge in [0.2, 0.25) is 5.91 Å². The van der Waals surface area contributed by atoms with Crippen LogP contribution in [-0.2, 0) is 4.79 Å². The first-order chi connectivity index (χ1) is 13.0. The highest BCUT2D eigenvalue weighted by Gasteiger charge is 2.33. The van der Waals surface area contributed by atoms with Crippen molar-refractivity contribution in [2.24, 2.45) is 17.6 Å². The zero-order chi connectivity index (χ0) is 19.2. The molecule has 0 spiro atoms.